The first kappa shape index (κ1) is 10.5. The Balaban J connectivity index is 2.62. The van der Waals surface area contributed by atoms with Gasteiger partial charge in [0.1, 0.15) is 0 Å². The molecule has 2 atom stereocenters. The average molecular weight is 180 g/mol. The van der Waals surface area contributed by atoms with Crippen LogP contribution in [-0.2, 0) is 0 Å². The van der Waals surface area contributed by atoms with Crippen LogP contribution in [0.2, 0.25) is 0 Å². The second-order valence-corrected chi connectivity index (χ2v) is 4.35. The van der Waals surface area contributed by atoms with Crippen molar-refractivity contribution in [2.24, 2.45) is 5.92 Å². The van der Waals surface area contributed by atoms with Gasteiger partial charge in [-0.05, 0) is 32.2 Å². The lowest BCUT2D eigenvalue weighted by Crippen LogP contribution is -2.47. The van der Waals surface area contributed by atoms with Crippen molar-refractivity contribution in [3.63, 3.8) is 0 Å². The minimum atomic E-state index is 0.0905. The van der Waals surface area contributed by atoms with Crippen molar-refractivity contribution in [2.75, 3.05) is 6.54 Å². The van der Waals surface area contributed by atoms with Crippen molar-refractivity contribution >= 4 is 0 Å². The number of likely N-dealkylation sites (tertiary alicyclic amines) is 1. The van der Waals surface area contributed by atoms with Gasteiger partial charge in [-0.15, -0.1) is 0 Å². The summed E-state index contributed by atoms with van der Waals surface area (Å²) >= 11 is 0. The molecule has 0 radical (unpaired) electrons. The Kier molecular flexibility index (Phi) is 3.74. The summed E-state index contributed by atoms with van der Waals surface area (Å²) in [6.45, 7) is 7.64. The van der Waals surface area contributed by atoms with Crippen LogP contribution in [-0.4, -0.2) is 23.5 Å². The third-order valence-corrected chi connectivity index (χ3v) is 3.05. The summed E-state index contributed by atoms with van der Waals surface area (Å²) < 4.78 is 0. The van der Waals surface area contributed by atoms with E-state index in [1.807, 2.05) is 6.92 Å². The summed E-state index contributed by atoms with van der Waals surface area (Å²) in [5, 5.41) is 8.89. The first-order valence-corrected chi connectivity index (χ1v) is 5.32. The molecule has 0 aromatic rings. The molecule has 0 amide bonds. The lowest BCUT2D eigenvalue weighted by molar-refractivity contribution is 0.0942. The monoisotopic (exact) mass is 180 g/mol. The van der Waals surface area contributed by atoms with Crippen LogP contribution < -0.4 is 0 Å². The molecule has 74 valence electrons. The van der Waals surface area contributed by atoms with E-state index in [2.05, 4.69) is 24.8 Å². The van der Waals surface area contributed by atoms with Gasteiger partial charge < -0.3 is 0 Å². The van der Waals surface area contributed by atoms with Gasteiger partial charge in [0.05, 0.1) is 12.1 Å². The largest absolute Gasteiger partial charge is 0.285 e. The molecule has 1 aliphatic rings. The molecular weight excluding hydrogens is 160 g/mol. The lowest BCUT2D eigenvalue weighted by Gasteiger charge is -2.39. The molecule has 2 heteroatoms. The average Bonchev–Trinajstić information content (AvgIpc) is 2.16. The Labute approximate surface area is 81.5 Å². The highest BCUT2D eigenvalue weighted by Gasteiger charge is 2.28. The van der Waals surface area contributed by atoms with Crippen molar-refractivity contribution in [1.82, 2.24) is 4.90 Å². The first-order chi connectivity index (χ1) is 6.16. The lowest BCUT2D eigenvalue weighted by atomic mass is 9.91. The van der Waals surface area contributed by atoms with Crippen molar-refractivity contribution in [3.8, 4) is 6.07 Å². The maximum absolute atomic E-state index is 8.89. The highest BCUT2D eigenvalue weighted by Crippen LogP contribution is 2.24. The number of nitrogens with zero attached hydrogens (tertiary/aromatic N) is 2. The van der Waals surface area contributed by atoms with Crippen LogP contribution in [0.15, 0.2) is 0 Å². The number of piperidine rings is 1. The molecule has 0 aromatic heterocycles. The zero-order valence-corrected chi connectivity index (χ0v) is 8.95. The molecule has 0 spiro atoms. The first-order valence-electron chi connectivity index (χ1n) is 5.32. The van der Waals surface area contributed by atoms with Gasteiger partial charge in [-0.2, -0.15) is 5.26 Å². The van der Waals surface area contributed by atoms with E-state index in [9.17, 15) is 0 Å². The maximum Gasteiger partial charge on any atom is 0.0951 e. The van der Waals surface area contributed by atoms with E-state index in [4.69, 9.17) is 5.26 Å². The van der Waals surface area contributed by atoms with Gasteiger partial charge in [0.15, 0.2) is 0 Å². The summed E-state index contributed by atoms with van der Waals surface area (Å²) in [4.78, 5) is 2.37. The molecule has 0 saturated carbocycles. The van der Waals surface area contributed by atoms with Gasteiger partial charge in [-0.25, -0.2) is 0 Å². The van der Waals surface area contributed by atoms with E-state index in [-0.39, 0.29) is 6.04 Å². The minimum Gasteiger partial charge on any atom is -0.285 e. The molecule has 13 heavy (non-hydrogen) atoms. The summed E-state index contributed by atoms with van der Waals surface area (Å²) in [7, 11) is 0. The van der Waals surface area contributed by atoms with Gasteiger partial charge in [0.25, 0.3) is 0 Å². The second kappa shape index (κ2) is 4.62. The highest BCUT2D eigenvalue weighted by atomic mass is 15.2. The SMILES string of the molecule is CC(C)C1CCCCN1C(C)C#N. The molecule has 0 aliphatic carbocycles. The van der Waals surface area contributed by atoms with E-state index in [0.29, 0.717) is 12.0 Å². The highest BCUT2D eigenvalue weighted by molar-refractivity contribution is 4.93. The maximum atomic E-state index is 8.89. The fourth-order valence-electron chi connectivity index (χ4n) is 2.25. The van der Waals surface area contributed by atoms with Crippen LogP contribution in [0.5, 0.6) is 0 Å². The Hall–Kier alpha value is -0.550. The third-order valence-electron chi connectivity index (χ3n) is 3.05. The van der Waals surface area contributed by atoms with Crippen LogP contribution in [0, 0.1) is 17.2 Å². The van der Waals surface area contributed by atoms with E-state index in [0.717, 1.165) is 6.54 Å². The topological polar surface area (TPSA) is 27.0 Å². The summed E-state index contributed by atoms with van der Waals surface area (Å²) in [6, 6.07) is 3.06. The Morgan fingerprint density at radius 3 is 2.54 bits per heavy atom. The molecule has 0 N–H and O–H groups in total. The van der Waals surface area contributed by atoms with E-state index in [1.54, 1.807) is 0 Å². The second-order valence-electron chi connectivity index (χ2n) is 4.35. The van der Waals surface area contributed by atoms with Crippen molar-refractivity contribution in [2.45, 2.75) is 52.1 Å². The molecule has 1 fully saturated rings. The van der Waals surface area contributed by atoms with Gasteiger partial charge in [-0.3, -0.25) is 4.90 Å². The molecule has 1 rings (SSSR count). The van der Waals surface area contributed by atoms with Gasteiger partial charge >= 0.3 is 0 Å². The molecule has 0 aromatic carbocycles. The fraction of sp³-hybridized carbons (Fsp3) is 0.909. The normalized spacial score (nSPS) is 27.2. The zero-order chi connectivity index (χ0) is 9.84. The van der Waals surface area contributed by atoms with Crippen molar-refractivity contribution in [1.29, 1.82) is 5.26 Å². The van der Waals surface area contributed by atoms with Crippen LogP contribution in [0.4, 0.5) is 0 Å². The van der Waals surface area contributed by atoms with Gasteiger partial charge in [0.2, 0.25) is 0 Å². The molecule has 2 nitrogen and oxygen atoms in total. The third kappa shape index (κ3) is 2.45. The summed E-state index contributed by atoms with van der Waals surface area (Å²) in [5.74, 6) is 0.677. The summed E-state index contributed by atoms with van der Waals surface area (Å²) in [5.41, 5.74) is 0. The van der Waals surface area contributed by atoms with Crippen molar-refractivity contribution in [3.05, 3.63) is 0 Å². The predicted octanol–water partition coefficient (Wildman–Crippen LogP) is 2.41. The predicted molar refractivity (Wildman–Crippen MR) is 54.3 cm³/mol. The van der Waals surface area contributed by atoms with Crippen LogP contribution in [0.3, 0.4) is 0 Å². The quantitative estimate of drug-likeness (QED) is 0.652. The molecule has 1 saturated heterocycles. The molecule has 0 bridgehead atoms. The van der Waals surface area contributed by atoms with Crippen LogP contribution in [0.1, 0.15) is 40.0 Å². The molecule has 1 heterocycles. The number of hydrogen-bond donors (Lipinski definition) is 0. The van der Waals surface area contributed by atoms with Crippen molar-refractivity contribution < 1.29 is 0 Å². The molecule has 2 unspecified atom stereocenters. The Bertz CT molecular complexity index is 193. The standard InChI is InChI=1S/C11H20N2/c1-9(2)11-6-4-5-7-13(11)10(3)8-12/h9-11H,4-7H2,1-3H3. The molecule has 1 aliphatic heterocycles. The smallest absolute Gasteiger partial charge is 0.0951 e. The van der Waals surface area contributed by atoms with Gasteiger partial charge in [0, 0.05) is 6.04 Å². The number of hydrogen-bond acceptors (Lipinski definition) is 2. The number of nitriles is 1. The van der Waals surface area contributed by atoms with Crippen LogP contribution >= 0.6 is 0 Å². The van der Waals surface area contributed by atoms with E-state index < -0.39 is 0 Å². The number of rotatable bonds is 2. The Morgan fingerprint density at radius 2 is 2.00 bits per heavy atom. The fourth-order valence-corrected chi connectivity index (χ4v) is 2.25. The Morgan fingerprint density at radius 1 is 1.31 bits per heavy atom. The van der Waals surface area contributed by atoms with Gasteiger partial charge in [-0.1, -0.05) is 20.3 Å². The summed E-state index contributed by atoms with van der Waals surface area (Å²) in [6.07, 6.45) is 3.86. The zero-order valence-electron chi connectivity index (χ0n) is 8.95. The minimum absolute atomic E-state index is 0.0905. The molecular formula is C11H20N2. The van der Waals surface area contributed by atoms with E-state index in [1.165, 1.54) is 19.3 Å². The van der Waals surface area contributed by atoms with Crippen LogP contribution in [0.25, 0.3) is 0 Å². The van der Waals surface area contributed by atoms with E-state index >= 15 is 0 Å².